The van der Waals surface area contributed by atoms with E-state index < -0.39 is 5.97 Å². The van der Waals surface area contributed by atoms with Gasteiger partial charge >= 0.3 is 5.97 Å². The second-order valence-corrected chi connectivity index (χ2v) is 5.84. The zero-order valence-electron chi connectivity index (χ0n) is 10.9. The summed E-state index contributed by atoms with van der Waals surface area (Å²) in [5.74, 6) is -0.406. The average molecular weight is 281 g/mol. The number of carboxylic acid groups (broad SMARTS) is 1. The number of thiophene rings is 1. The van der Waals surface area contributed by atoms with Gasteiger partial charge in [0.25, 0.3) is 0 Å². The van der Waals surface area contributed by atoms with Gasteiger partial charge in [0.2, 0.25) is 5.91 Å². The molecule has 0 radical (unpaired) electrons. The van der Waals surface area contributed by atoms with Gasteiger partial charge in [0, 0.05) is 17.2 Å². The van der Waals surface area contributed by atoms with Gasteiger partial charge in [-0.05, 0) is 12.3 Å². The SMILES string of the molecule is O=C(CCC1CCCCC1)Nc1cscc1C(=O)O. The number of rotatable bonds is 5. The second-order valence-electron chi connectivity index (χ2n) is 5.10. The summed E-state index contributed by atoms with van der Waals surface area (Å²) in [6, 6.07) is 0. The normalized spacial score (nSPS) is 16.2. The summed E-state index contributed by atoms with van der Waals surface area (Å²) in [6.45, 7) is 0. The Bertz CT molecular complexity index is 449. The van der Waals surface area contributed by atoms with Crippen molar-refractivity contribution in [2.24, 2.45) is 5.92 Å². The Morgan fingerprint density at radius 3 is 2.68 bits per heavy atom. The van der Waals surface area contributed by atoms with E-state index in [0.717, 1.165) is 6.42 Å². The standard InChI is InChI=1S/C14H19NO3S/c16-13(7-6-10-4-2-1-3-5-10)15-12-9-19-8-11(12)14(17)18/h8-10H,1-7H2,(H,15,16)(H,17,18). The predicted molar refractivity (Wildman–Crippen MR) is 75.7 cm³/mol. The Balaban J connectivity index is 1.80. The lowest BCUT2D eigenvalue weighted by molar-refractivity contribution is -0.116. The highest BCUT2D eigenvalue weighted by atomic mass is 32.1. The van der Waals surface area contributed by atoms with E-state index in [9.17, 15) is 9.59 Å². The third kappa shape index (κ3) is 4.06. The number of carbonyl (C=O) groups is 2. The largest absolute Gasteiger partial charge is 0.478 e. The number of hydrogen-bond donors (Lipinski definition) is 2. The minimum atomic E-state index is -0.996. The number of anilines is 1. The Morgan fingerprint density at radius 2 is 2.00 bits per heavy atom. The van der Waals surface area contributed by atoms with Crippen LogP contribution in [0.5, 0.6) is 0 Å². The number of aromatic carboxylic acids is 1. The maximum Gasteiger partial charge on any atom is 0.338 e. The van der Waals surface area contributed by atoms with Crippen LogP contribution in [0.1, 0.15) is 55.3 Å². The molecule has 2 rings (SSSR count). The van der Waals surface area contributed by atoms with Gasteiger partial charge in [-0.1, -0.05) is 32.1 Å². The molecule has 4 nitrogen and oxygen atoms in total. The lowest BCUT2D eigenvalue weighted by atomic mass is 9.86. The van der Waals surface area contributed by atoms with Gasteiger partial charge in [-0.2, -0.15) is 0 Å². The summed E-state index contributed by atoms with van der Waals surface area (Å²) in [6.07, 6.45) is 7.73. The van der Waals surface area contributed by atoms with Gasteiger partial charge in [0.05, 0.1) is 11.3 Å². The molecule has 1 heterocycles. The van der Waals surface area contributed by atoms with Gasteiger partial charge in [0.15, 0.2) is 0 Å². The zero-order valence-corrected chi connectivity index (χ0v) is 11.7. The lowest BCUT2D eigenvalue weighted by Crippen LogP contribution is -2.15. The Labute approximate surface area is 116 Å². The van der Waals surface area contributed by atoms with E-state index in [1.807, 2.05) is 0 Å². The minimum absolute atomic E-state index is 0.0773. The smallest absolute Gasteiger partial charge is 0.338 e. The van der Waals surface area contributed by atoms with E-state index in [1.165, 1.54) is 43.4 Å². The van der Waals surface area contributed by atoms with Crippen LogP contribution in [0.3, 0.4) is 0 Å². The van der Waals surface area contributed by atoms with E-state index >= 15 is 0 Å². The molecular formula is C14H19NO3S. The molecule has 0 aromatic carbocycles. The van der Waals surface area contributed by atoms with Crippen molar-refractivity contribution < 1.29 is 14.7 Å². The summed E-state index contributed by atoms with van der Waals surface area (Å²) in [7, 11) is 0. The van der Waals surface area contributed by atoms with Crippen molar-refractivity contribution >= 4 is 28.9 Å². The van der Waals surface area contributed by atoms with Crippen LogP contribution >= 0.6 is 11.3 Å². The fourth-order valence-corrected chi connectivity index (χ4v) is 3.34. The molecule has 1 aliphatic rings. The molecule has 0 bridgehead atoms. The van der Waals surface area contributed by atoms with Crippen LogP contribution in [-0.4, -0.2) is 17.0 Å². The van der Waals surface area contributed by atoms with Crippen molar-refractivity contribution in [3.63, 3.8) is 0 Å². The van der Waals surface area contributed by atoms with E-state index in [0.29, 0.717) is 18.0 Å². The molecular weight excluding hydrogens is 262 g/mol. The Hall–Kier alpha value is -1.36. The third-order valence-corrected chi connectivity index (χ3v) is 4.41. The van der Waals surface area contributed by atoms with Crippen LogP contribution in [0.2, 0.25) is 0 Å². The molecule has 0 atom stereocenters. The summed E-state index contributed by atoms with van der Waals surface area (Å²) in [5.41, 5.74) is 0.599. The quantitative estimate of drug-likeness (QED) is 0.864. The number of amides is 1. The van der Waals surface area contributed by atoms with Crippen molar-refractivity contribution in [3.05, 3.63) is 16.3 Å². The van der Waals surface area contributed by atoms with Crippen molar-refractivity contribution in [1.82, 2.24) is 0 Å². The molecule has 104 valence electrons. The first-order chi connectivity index (χ1) is 9.16. The van der Waals surface area contributed by atoms with Gasteiger partial charge in [-0.15, -0.1) is 11.3 Å². The number of nitrogens with one attached hydrogen (secondary N) is 1. The molecule has 0 unspecified atom stereocenters. The molecule has 2 N–H and O–H groups in total. The van der Waals surface area contributed by atoms with Gasteiger partial charge in [-0.25, -0.2) is 4.79 Å². The Morgan fingerprint density at radius 1 is 1.26 bits per heavy atom. The van der Waals surface area contributed by atoms with Crippen molar-refractivity contribution in [2.75, 3.05) is 5.32 Å². The molecule has 0 saturated heterocycles. The summed E-state index contributed by atoms with van der Waals surface area (Å²) in [4.78, 5) is 22.8. The number of carbonyl (C=O) groups excluding carboxylic acids is 1. The van der Waals surface area contributed by atoms with Gasteiger partial charge in [0.1, 0.15) is 0 Å². The minimum Gasteiger partial charge on any atom is -0.478 e. The summed E-state index contributed by atoms with van der Waals surface area (Å²) < 4.78 is 0. The maximum absolute atomic E-state index is 11.8. The second kappa shape index (κ2) is 6.70. The topological polar surface area (TPSA) is 66.4 Å². The number of carboxylic acids is 1. The Kier molecular flexibility index (Phi) is 4.96. The zero-order chi connectivity index (χ0) is 13.7. The molecule has 0 spiro atoms. The van der Waals surface area contributed by atoms with E-state index in [4.69, 9.17) is 5.11 Å². The molecule has 5 heteroatoms. The van der Waals surface area contributed by atoms with Crippen LogP contribution in [0.4, 0.5) is 5.69 Å². The van der Waals surface area contributed by atoms with Crippen LogP contribution in [0.15, 0.2) is 10.8 Å². The third-order valence-electron chi connectivity index (χ3n) is 3.67. The van der Waals surface area contributed by atoms with Crippen LogP contribution in [0.25, 0.3) is 0 Å². The lowest BCUT2D eigenvalue weighted by Gasteiger charge is -2.20. The van der Waals surface area contributed by atoms with Crippen molar-refractivity contribution in [1.29, 1.82) is 0 Å². The summed E-state index contributed by atoms with van der Waals surface area (Å²) in [5, 5.41) is 14.9. The molecule has 0 aliphatic heterocycles. The highest BCUT2D eigenvalue weighted by Crippen LogP contribution is 2.27. The fraction of sp³-hybridized carbons (Fsp3) is 0.571. The van der Waals surface area contributed by atoms with Gasteiger partial charge < -0.3 is 10.4 Å². The highest BCUT2D eigenvalue weighted by Gasteiger charge is 2.17. The van der Waals surface area contributed by atoms with Crippen LogP contribution in [-0.2, 0) is 4.79 Å². The van der Waals surface area contributed by atoms with E-state index in [2.05, 4.69) is 5.32 Å². The van der Waals surface area contributed by atoms with E-state index in [-0.39, 0.29) is 11.5 Å². The van der Waals surface area contributed by atoms with Crippen LogP contribution < -0.4 is 5.32 Å². The fourth-order valence-electron chi connectivity index (χ4n) is 2.58. The highest BCUT2D eigenvalue weighted by molar-refractivity contribution is 7.08. The maximum atomic E-state index is 11.8. The molecule has 1 aromatic heterocycles. The molecule has 1 amide bonds. The van der Waals surface area contributed by atoms with E-state index in [1.54, 1.807) is 10.8 Å². The van der Waals surface area contributed by atoms with Crippen LogP contribution in [0, 0.1) is 5.92 Å². The average Bonchev–Trinajstić information content (AvgIpc) is 2.86. The molecule has 1 aromatic rings. The van der Waals surface area contributed by atoms with Crippen molar-refractivity contribution in [3.8, 4) is 0 Å². The molecule has 1 saturated carbocycles. The van der Waals surface area contributed by atoms with Crippen molar-refractivity contribution in [2.45, 2.75) is 44.9 Å². The summed E-state index contributed by atoms with van der Waals surface area (Å²) >= 11 is 1.29. The van der Waals surface area contributed by atoms with Gasteiger partial charge in [-0.3, -0.25) is 4.79 Å². The predicted octanol–water partition coefficient (Wildman–Crippen LogP) is 3.75. The monoisotopic (exact) mass is 281 g/mol. The molecule has 1 fully saturated rings. The first-order valence-electron chi connectivity index (χ1n) is 6.76. The number of hydrogen-bond acceptors (Lipinski definition) is 3. The first-order valence-corrected chi connectivity index (χ1v) is 7.70. The molecule has 1 aliphatic carbocycles. The molecule has 19 heavy (non-hydrogen) atoms. The first kappa shape index (κ1) is 14.1.